The third-order valence-electron chi connectivity index (χ3n) is 23.7. The van der Waals surface area contributed by atoms with Crippen LogP contribution in [0, 0.1) is 29.6 Å². The highest BCUT2D eigenvalue weighted by molar-refractivity contribution is 8.00. The van der Waals surface area contributed by atoms with Crippen LogP contribution in [0.1, 0.15) is 163 Å². The second kappa shape index (κ2) is 56.1. The minimum atomic E-state index is -2.12. The molecule has 42 nitrogen and oxygen atoms in total. The quantitative estimate of drug-likeness (QED) is 0.0266. The molecule has 7 rings (SSSR count). The molecule has 0 spiro atoms. The van der Waals surface area contributed by atoms with Crippen molar-refractivity contribution in [2.24, 2.45) is 46.8 Å². The van der Waals surface area contributed by atoms with E-state index < -0.39 is 265 Å². The van der Waals surface area contributed by atoms with Gasteiger partial charge in [-0.15, -0.1) is 11.8 Å². The van der Waals surface area contributed by atoms with Gasteiger partial charge in [0.2, 0.25) is 94.5 Å². The van der Waals surface area contributed by atoms with E-state index in [0.29, 0.717) is 46.6 Å². The third-order valence-corrected chi connectivity index (χ3v) is 24.8. The number of fused-ring (bicyclic) bond motifs is 1. The van der Waals surface area contributed by atoms with Crippen LogP contribution in [0.4, 0.5) is 0 Å². The Balaban J connectivity index is 1.33. The van der Waals surface area contributed by atoms with E-state index >= 15 is 28.8 Å². The molecule has 1 saturated carbocycles. The Labute approximate surface area is 811 Å². The first kappa shape index (κ1) is 113. The molecule has 1 aliphatic heterocycles. The SMILES string of the molecule is CC(C)C[C@H]1NC(=O)[C@H](CCCN)NC(=O)[C@H](C(C)C)NC(=O)[C@H](Cc2ccc(-c3ccccc3)cc2)NC(=O)[C@H](C(C)C)NC(=O)[C@H](Cc2c[nH]c3ccccc23)NC(=O)[C@H](CC(=O)O)NC(=O)[C@H](Cc2ccc(OCC(=O)O)cc2)NC(=O)[C@H](CCO)NC(=O)CSC[C@@H](C(=O)N[C@@H](C)C(N)=O)NC(=O)[C@H](C(C)O)NC(=O)[C@H](C(C)C)NC(=O)[C@H](CC2CCCCC2)NC(=O)[C@H](CCN)NC1=O. The number of primary amides is 1. The number of benzene rings is 4. The first-order valence-corrected chi connectivity index (χ1v) is 48.1. The molecular weight excluding hydrogens is 1820 g/mol. The summed E-state index contributed by atoms with van der Waals surface area (Å²) in [6.07, 6.45) is 0.497. The minimum absolute atomic E-state index is 0.0186. The van der Waals surface area contributed by atoms with Gasteiger partial charge in [0.15, 0.2) is 6.61 Å². The Kier molecular flexibility index (Phi) is 45.5. The summed E-state index contributed by atoms with van der Waals surface area (Å²) < 4.78 is 5.29. The maximum Gasteiger partial charge on any atom is 0.341 e. The number of aromatic nitrogens is 1. The molecule has 1 aromatic heterocycles. The van der Waals surface area contributed by atoms with Crippen LogP contribution in [0.25, 0.3) is 22.0 Å². The average Bonchev–Trinajstić information content (AvgIpc) is 1.63. The number of aliphatic hydroxyl groups excluding tert-OH is 2. The summed E-state index contributed by atoms with van der Waals surface area (Å²) in [5.41, 5.74) is 21.0. The fourth-order valence-electron chi connectivity index (χ4n) is 16.0. The maximum atomic E-state index is 15.4. The fraction of sp³-hybridized carbons (Fsp3) is 0.542. The molecule has 1 saturated heterocycles. The van der Waals surface area contributed by atoms with Crippen molar-refractivity contribution in [3.63, 3.8) is 0 Å². The summed E-state index contributed by atoms with van der Waals surface area (Å²) >= 11 is 0.658. The molecule has 5 aromatic rings. The van der Waals surface area contributed by atoms with Crippen LogP contribution < -0.4 is 102 Å². The molecule has 0 radical (unpaired) electrons. The normalized spacial score (nSPS) is 24.0. The summed E-state index contributed by atoms with van der Waals surface area (Å²) in [5, 5.41) is 81.2. The monoisotopic (exact) mass is 1960 g/mol. The number of aromatic amines is 1. The first-order chi connectivity index (χ1) is 66.0. The van der Waals surface area contributed by atoms with Gasteiger partial charge in [-0.1, -0.05) is 172 Å². The second-order valence-corrected chi connectivity index (χ2v) is 37.6. The number of carbonyl (C=O) groups excluding carboxylic acids is 16. The van der Waals surface area contributed by atoms with E-state index in [-0.39, 0.29) is 81.2 Å². The van der Waals surface area contributed by atoms with Crippen LogP contribution in [0.2, 0.25) is 0 Å². The van der Waals surface area contributed by atoms with E-state index in [0.717, 1.165) is 37.3 Å². The maximum absolute atomic E-state index is 15.4. The molecule has 760 valence electrons. The Morgan fingerprint density at radius 3 is 1.42 bits per heavy atom. The molecule has 2 fully saturated rings. The number of para-hydroxylation sites is 1. The predicted octanol–water partition coefficient (Wildman–Crippen LogP) is -0.840. The number of nitrogens with two attached hydrogens (primary N) is 3. The van der Waals surface area contributed by atoms with E-state index in [2.05, 4.69) is 84.7 Å². The topological polar surface area (TPSA) is 672 Å². The van der Waals surface area contributed by atoms with Gasteiger partial charge in [-0.25, -0.2) is 4.79 Å². The summed E-state index contributed by atoms with van der Waals surface area (Å²) in [6, 6.07) is 4.28. The van der Waals surface area contributed by atoms with Crippen LogP contribution in [0.3, 0.4) is 0 Å². The van der Waals surface area contributed by atoms with Gasteiger partial charge < -0.3 is 127 Å². The number of carbonyl (C=O) groups is 18. The number of H-pyrrole nitrogens is 1. The van der Waals surface area contributed by atoms with Gasteiger partial charge in [0.1, 0.15) is 96.4 Å². The molecule has 43 heteroatoms. The predicted molar refractivity (Wildman–Crippen MR) is 515 cm³/mol. The lowest BCUT2D eigenvalue weighted by Gasteiger charge is -2.31. The van der Waals surface area contributed by atoms with Crippen LogP contribution in [-0.4, -0.2) is 266 Å². The molecule has 16 atom stereocenters. The number of carboxylic acid groups (broad SMARTS) is 2. The van der Waals surface area contributed by atoms with Gasteiger partial charge in [-0.05, 0) is 141 Å². The zero-order valence-corrected chi connectivity index (χ0v) is 80.9. The lowest BCUT2D eigenvalue weighted by Crippen LogP contribution is -2.63. The van der Waals surface area contributed by atoms with E-state index in [9.17, 15) is 78.0 Å². The van der Waals surface area contributed by atoms with Crippen molar-refractivity contribution in [3.05, 3.63) is 126 Å². The summed E-state index contributed by atoms with van der Waals surface area (Å²) in [5.74, 6) is -23.4. The molecule has 4 aromatic carbocycles. The van der Waals surface area contributed by atoms with E-state index in [1.54, 1.807) is 110 Å². The lowest BCUT2D eigenvalue weighted by molar-refractivity contribution is -0.142. The molecule has 2 heterocycles. The van der Waals surface area contributed by atoms with Gasteiger partial charge in [-0.2, -0.15) is 0 Å². The van der Waals surface area contributed by atoms with Crippen LogP contribution in [0.5, 0.6) is 5.75 Å². The molecule has 1 aliphatic carbocycles. The summed E-state index contributed by atoms with van der Waals surface area (Å²) in [4.78, 5) is 263. The Hall–Kier alpha value is -13.1. The van der Waals surface area contributed by atoms with Gasteiger partial charge in [0.25, 0.3) is 0 Å². The van der Waals surface area contributed by atoms with Crippen molar-refractivity contribution in [2.45, 2.75) is 262 Å². The van der Waals surface area contributed by atoms with Gasteiger partial charge in [0, 0.05) is 48.7 Å². The fourth-order valence-corrected chi connectivity index (χ4v) is 16.8. The number of thioether (sulfide) groups is 1. The van der Waals surface area contributed by atoms with Crippen molar-refractivity contribution >= 4 is 129 Å². The molecular formula is C96H137N19O23S. The Morgan fingerprint density at radius 2 is 0.892 bits per heavy atom. The largest absolute Gasteiger partial charge is 0.482 e. The number of nitrogens with one attached hydrogen (secondary N) is 16. The number of carboxylic acids is 2. The molecule has 2 aliphatic rings. The molecule has 1 unspecified atom stereocenters. The first-order valence-electron chi connectivity index (χ1n) is 46.9. The number of aliphatic carboxylic acids is 2. The highest BCUT2D eigenvalue weighted by Crippen LogP contribution is 2.29. The highest BCUT2D eigenvalue weighted by Gasteiger charge is 2.42. The van der Waals surface area contributed by atoms with E-state index in [1.807, 2.05) is 30.3 Å². The molecule has 139 heavy (non-hydrogen) atoms. The number of rotatable bonds is 30. The van der Waals surface area contributed by atoms with Gasteiger partial charge in [0.05, 0.1) is 18.3 Å². The van der Waals surface area contributed by atoms with Crippen molar-refractivity contribution in [2.75, 3.05) is 37.8 Å². The highest BCUT2D eigenvalue weighted by atomic mass is 32.2. The van der Waals surface area contributed by atoms with Crippen LogP contribution in [0.15, 0.2) is 109 Å². The summed E-state index contributed by atoms with van der Waals surface area (Å²) in [7, 11) is 0. The third kappa shape index (κ3) is 36.3. The van der Waals surface area contributed by atoms with Crippen LogP contribution >= 0.6 is 11.8 Å². The zero-order chi connectivity index (χ0) is 102. The second-order valence-electron chi connectivity index (χ2n) is 36.6. The lowest BCUT2D eigenvalue weighted by atomic mass is 9.84. The number of ether oxygens (including phenoxy) is 1. The number of hydrogen-bond donors (Lipinski definition) is 23. The summed E-state index contributed by atoms with van der Waals surface area (Å²) in [6.45, 7) is 13.6. The van der Waals surface area contributed by atoms with Gasteiger partial charge in [-0.3, -0.25) is 81.5 Å². The molecule has 26 N–H and O–H groups in total. The van der Waals surface area contributed by atoms with Crippen molar-refractivity contribution in [3.8, 4) is 16.9 Å². The Morgan fingerprint density at radius 1 is 0.453 bits per heavy atom. The van der Waals surface area contributed by atoms with E-state index in [4.69, 9.17) is 21.9 Å². The number of amides is 16. The Bertz CT molecular complexity index is 5040. The standard InChI is InChI=1S/C96H137N19O23S/c1-50(2)40-68-86(127)103-66(35-38-98)84(125)107-70(41-56-20-13-11-14-21-56)89(130)114-80(53(7)8)95(136)115-81(55(10)117)96(137)111-74(92(133)101-54(9)82(99)123)48-139-49-75(118)102-67(36-39-116)85(126)106-69(43-58-29-33-62(34-30-58)138-47-77(121)122)87(128)109-73(45-76(119)120)88(129)108-72(44-61-46-100-64-25-18-17-24-63(61)64)91(132)113-79(52(5)6)94(135)110-71(42-57-27-31-60(32-28-57)59-22-15-12-16-23-59)90(131)112-78(51(3)4)93(134)104-65(26-19-37-97)83(124)105-68/h12,15-18,22-25,27-34,46,50-56,65-74,78-81,100,116-117H,11,13-14,19-21,26,35-45,47-49,97-98H2,1-10H3,(H2,99,123)(H,101,133)(H,102,118)(H,103,127)(H,104,134)(H,105,124)(H,106,126)(H,107,125)(H,108,129)(H,109,128)(H,110,135)(H,111,137)(H,112,131)(H,113,132)(H,114,130)(H,115,136)(H,119,120)(H,121,122)/t54-,55?,65-,66-,67-,68+,69-,70-,71-,72-,73-,74-,78-,79-,80-,81-/m0/s1. The van der Waals surface area contributed by atoms with Crippen LogP contribution in [-0.2, 0) is 106 Å². The van der Waals surface area contributed by atoms with Crippen molar-refractivity contribution in [1.29, 1.82) is 0 Å². The number of hydrogen-bond acceptors (Lipinski definition) is 24. The smallest absolute Gasteiger partial charge is 0.341 e. The van der Waals surface area contributed by atoms with Gasteiger partial charge >= 0.3 is 11.9 Å². The van der Waals surface area contributed by atoms with Crippen molar-refractivity contribution in [1.82, 2.24) is 84.7 Å². The zero-order valence-electron chi connectivity index (χ0n) is 80.1. The number of aliphatic hydroxyl groups is 2. The molecule has 16 amide bonds. The van der Waals surface area contributed by atoms with E-state index in [1.165, 1.54) is 31.2 Å². The van der Waals surface area contributed by atoms with Crippen molar-refractivity contribution < 1.29 is 111 Å². The average molecular weight is 1960 g/mol. The minimum Gasteiger partial charge on any atom is -0.482 e. The molecule has 0 bridgehead atoms.